The molecule has 5 heteroatoms. The van der Waals surface area contributed by atoms with Crippen LogP contribution >= 0.6 is 0 Å². The first-order valence-corrected chi connectivity index (χ1v) is 8.05. The SMILES string of the molecule is CC(C)(C(=O)NCCc1nc2ccccc2[nH]1)c1ccc(N)cc1. The van der Waals surface area contributed by atoms with Crippen LogP contribution in [0.25, 0.3) is 11.0 Å². The van der Waals surface area contributed by atoms with E-state index in [0.717, 1.165) is 22.4 Å². The molecular weight excluding hydrogens is 300 g/mol. The van der Waals surface area contributed by atoms with E-state index in [9.17, 15) is 4.79 Å². The van der Waals surface area contributed by atoms with Gasteiger partial charge in [-0.3, -0.25) is 4.79 Å². The molecule has 1 heterocycles. The number of nitrogens with zero attached hydrogens (tertiary/aromatic N) is 1. The third kappa shape index (κ3) is 3.25. The summed E-state index contributed by atoms with van der Waals surface area (Å²) >= 11 is 0. The lowest BCUT2D eigenvalue weighted by atomic mass is 9.83. The molecule has 24 heavy (non-hydrogen) atoms. The van der Waals surface area contributed by atoms with Gasteiger partial charge in [0.2, 0.25) is 5.91 Å². The number of carbonyl (C=O) groups is 1. The van der Waals surface area contributed by atoms with E-state index in [4.69, 9.17) is 5.73 Å². The molecule has 4 N–H and O–H groups in total. The number of carbonyl (C=O) groups excluding carboxylic acids is 1. The Balaban J connectivity index is 1.61. The highest BCUT2D eigenvalue weighted by Gasteiger charge is 2.29. The molecule has 3 aromatic rings. The molecule has 0 unspecified atom stereocenters. The van der Waals surface area contributed by atoms with Crippen molar-refractivity contribution in [1.29, 1.82) is 0 Å². The Hall–Kier alpha value is -2.82. The number of H-pyrrole nitrogens is 1. The van der Waals surface area contributed by atoms with Gasteiger partial charge in [-0.1, -0.05) is 24.3 Å². The normalized spacial score (nSPS) is 11.6. The molecule has 0 aliphatic carbocycles. The highest BCUT2D eigenvalue weighted by atomic mass is 16.2. The fourth-order valence-electron chi connectivity index (χ4n) is 2.67. The number of hydrogen-bond donors (Lipinski definition) is 3. The number of fused-ring (bicyclic) bond motifs is 1. The number of nitrogens with two attached hydrogens (primary N) is 1. The number of amides is 1. The van der Waals surface area contributed by atoms with Gasteiger partial charge in [-0.25, -0.2) is 4.98 Å². The minimum absolute atomic E-state index is 0.0108. The maximum Gasteiger partial charge on any atom is 0.230 e. The van der Waals surface area contributed by atoms with Crippen molar-refractivity contribution in [3.05, 3.63) is 59.9 Å². The summed E-state index contributed by atoms with van der Waals surface area (Å²) in [7, 11) is 0. The highest BCUT2D eigenvalue weighted by Crippen LogP contribution is 2.24. The molecule has 0 fully saturated rings. The third-order valence-corrected chi connectivity index (χ3v) is 4.29. The van der Waals surface area contributed by atoms with Crippen molar-refractivity contribution in [2.24, 2.45) is 0 Å². The summed E-state index contributed by atoms with van der Waals surface area (Å²) in [6.45, 7) is 4.36. The number of rotatable bonds is 5. The largest absolute Gasteiger partial charge is 0.399 e. The van der Waals surface area contributed by atoms with Gasteiger partial charge in [0.15, 0.2) is 0 Å². The number of anilines is 1. The minimum atomic E-state index is -0.610. The summed E-state index contributed by atoms with van der Waals surface area (Å²) in [6.07, 6.45) is 0.665. The van der Waals surface area contributed by atoms with Crippen LogP contribution in [-0.4, -0.2) is 22.4 Å². The maximum atomic E-state index is 12.5. The first kappa shape index (κ1) is 16.1. The van der Waals surface area contributed by atoms with Gasteiger partial charge >= 0.3 is 0 Å². The monoisotopic (exact) mass is 322 g/mol. The standard InChI is InChI=1S/C19H22N4O/c1-19(2,13-7-9-14(20)10-8-13)18(24)21-12-11-17-22-15-5-3-4-6-16(15)23-17/h3-10H,11-12,20H2,1-2H3,(H,21,24)(H,22,23). The average Bonchev–Trinajstić information content (AvgIpc) is 2.97. The first-order chi connectivity index (χ1) is 11.5. The second-order valence-corrected chi connectivity index (χ2v) is 6.45. The van der Waals surface area contributed by atoms with Crippen LogP contribution in [0.1, 0.15) is 25.2 Å². The second kappa shape index (κ2) is 6.35. The van der Waals surface area contributed by atoms with Gasteiger partial charge in [-0.15, -0.1) is 0 Å². The summed E-state index contributed by atoms with van der Waals surface area (Å²) in [5, 5.41) is 3.00. The summed E-state index contributed by atoms with van der Waals surface area (Å²) in [5.74, 6) is 0.866. The van der Waals surface area contributed by atoms with Crippen LogP contribution in [0, 0.1) is 0 Å². The maximum absolute atomic E-state index is 12.5. The number of para-hydroxylation sites is 2. The Labute approximate surface area is 141 Å². The Bertz CT molecular complexity index is 816. The lowest BCUT2D eigenvalue weighted by Gasteiger charge is -2.24. The average molecular weight is 322 g/mol. The number of nitrogen functional groups attached to an aromatic ring is 1. The molecule has 0 saturated heterocycles. The smallest absolute Gasteiger partial charge is 0.230 e. The van der Waals surface area contributed by atoms with Gasteiger partial charge in [-0.05, 0) is 43.7 Å². The van der Waals surface area contributed by atoms with Gasteiger partial charge in [0.1, 0.15) is 5.82 Å². The van der Waals surface area contributed by atoms with Crippen molar-refractivity contribution in [2.45, 2.75) is 25.7 Å². The van der Waals surface area contributed by atoms with E-state index < -0.39 is 5.41 Å². The molecular formula is C19H22N4O. The number of imidazole rings is 1. The number of hydrogen-bond acceptors (Lipinski definition) is 3. The zero-order valence-electron chi connectivity index (χ0n) is 14.0. The van der Waals surface area contributed by atoms with E-state index in [1.165, 1.54) is 0 Å². The van der Waals surface area contributed by atoms with Gasteiger partial charge < -0.3 is 16.0 Å². The van der Waals surface area contributed by atoms with Gasteiger partial charge in [-0.2, -0.15) is 0 Å². The molecule has 0 radical (unpaired) electrons. The third-order valence-electron chi connectivity index (χ3n) is 4.29. The molecule has 0 saturated carbocycles. The Morgan fingerprint density at radius 2 is 1.88 bits per heavy atom. The van der Waals surface area contributed by atoms with Crippen LogP contribution in [0.15, 0.2) is 48.5 Å². The summed E-state index contributed by atoms with van der Waals surface area (Å²) in [5.41, 5.74) is 8.70. The lowest BCUT2D eigenvalue weighted by molar-refractivity contribution is -0.125. The fraction of sp³-hybridized carbons (Fsp3) is 0.263. The van der Waals surface area contributed by atoms with Crippen molar-refractivity contribution in [1.82, 2.24) is 15.3 Å². The molecule has 1 amide bonds. The summed E-state index contributed by atoms with van der Waals surface area (Å²) in [6, 6.07) is 15.3. The predicted molar refractivity (Wildman–Crippen MR) is 96.7 cm³/mol. The molecule has 5 nitrogen and oxygen atoms in total. The van der Waals surface area contributed by atoms with E-state index in [0.29, 0.717) is 18.7 Å². The number of nitrogens with one attached hydrogen (secondary N) is 2. The molecule has 0 atom stereocenters. The van der Waals surface area contributed by atoms with E-state index in [2.05, 4.69) is 15.3 Å². The van der Waals surface area contributed by atoms with Crippen molar-refractivity contribution >= 4 is 22.6 Å². The van der Waals surface area contributed by atoms with Crippen LogP contribution in [0.5, 0.6) is 0 Å². The number of aromatic nitrogens is 2. The molecule has 0 aliphatic heterocycles. The van der Waals surface area contributed by atoms with Crippen LogP contribution in [-0.2, 0) is 16.6 Å². The Morgan fingerprint density at radius 3 is 2.58 bits per heavy atom. The molecule has 0 aliphatic rings. The highest BCUT2D eigenvalue weighted by molar-refractivity contribution is 5.87. The van der Waals surface area contributed by atoms with E-state index >= 15 is 0 Å². The van der Waals surface area contributed by atoms with Crippen molar-refractivity contribution in [3.63, 3.8) is 0 Å². The van der Waals surface area contributed by atoms with E-state index in [-0.39, 0.29) is 5.91 Å². The predicted octanol–water partition coefficient (Wildman–Crippen LogP) is 2.78. The van der Waals surface area contributed by atoms with Crippen molar-refractivity contribution in [2.75, 3.05) is 12.3 Å². The van der Waals surface area contributed by atoms with E-state index in [1.54, 1.807) is 0 Å². The van der Waals surface area contributed by atoms with Crippen LogP contribution < -0.4 is 11.1 Å². The zero-order valence-corrected chi connectivity index (χ0v) is 14.0. The van der Waals surface area contributed by atoms with Gasteiger partial charge in [0.25, 0.3) is 0 Å². The summed E-state index contributed by atoms with van der Waals surface area (Å²) in [4.78, 5) is 20.3. The number of benzene rings is 2. The van der Waals surface area contributed by atoms with Crippen molar-refractivity contribution < 1.29 is 4.79 Å². The molecule has 1 aromatic heterocycles. The molecule has 2 aromatic carbocycles. The van der Waals surface area contributed by atoms with Crippen molar-refractivity contribution in [3.8, 4) is 0 Å². The summed E-state index contributed by atoms with van der Waals surface area (Å²) < 4.78 is 0. The van der Waals surface area contributed by atoms with Gasteiger partial charge in [0, 0.05) is 18.7 Å². The van der Waals surface area contributed by atoms with E-state index in [1.807, 2.05) is 62.4 Å². The first-order valence-electron chi connectivity index (χ1n) is 8.05. The Kier molecular flexibility index (Phi) is 4.25. The second-order valence-electron chi connectivity index (χ2n) is 6.45. The fourth-order valence-corrected chi connectivity index (χ4v) is 2.67. The molecule has 3 rings (SSSR count). The van der Waals surface area contributed by atoms with Crippen LogP contribution in [0.3, 0.4) is 0 Å². The quantitative estimate of drug-likeness (QED) is 0.632. The number of aromatic amines is 1. The van der Waals surface area contributed by atoms with Crippen LogP contribution in [0.4, 0.5) is 5.69 Å². The molecule has 124 valence electrons. The Morgan fingerprint density at radius 1 is 1.17 bits per heavy atom. The van der Waals surface area contributed by atoms with Gasteiger partial charge in [0.05, 0.1) is 16.4 Å². The minimum Gasteiger partial charge on any atom is -0.399 e. The molecule has 0 bridgehead atoms. The zero-order chi connectivity index (χ0) is 17.2. The topological polar surface area (TPSA) is 83.8 Å². The lowest BCUT2D eigenvalue weighted by Crippen LogP contribution is -2.41. The van der Waals surface area contributed by atoms with Crippen LogP contribution in [0.2, 0.25) is 0 Å². The molecule has 0 spiro atoms.